The summed E-state index contributed by atoms with van der Waals surface area (Å²) in [5, 5.41) is 10.8. The van der Waals surface area contributed by atoms with Crippen LogP contribution < -0.4 is 16.2 Å². The monoisotopic (exact) mass is 381 g/mol. The number of nitrogens with zero attached hydrogens (tertiary/aromatic N) is 1. The Hall–Kier alpha value is -3.04. The number of amides is 1. The molecule has 1 amide bonds. The van der Waals surface area contributed by atoms with Gasteiger partial charge in [0.15, 0.2) is 0 Å². The van der Waals surface area contributed by atoms with Gasteiger partial charge in [-0.3, -0.25) is 14.9 Å². The quantitative estimate of drug-likeness (QED) is 0.341. The summed E-state index contributed by atoms with van der Waals surface area (Å²) in [4.78, 5) is 33.6. The fraction of sp³-hybridized carbons (Fsp3) is 0.125. The summed E-state index contributed by atoms with van der Waals surface area (Å²) in [6.45, 7) is 0. The molecular weight excluding hydrogens is 369 g/mol. The number of nitrogens with two attached hydrogens (primary N) is 2. The molecule has 26 heavy (non-hydrogen) atoms. The molecule has 0 aromatic heterocycles. The zero-order chi connectivity index (χ0) is 19.4. The lowest BCUT2D eigenvalue weighted by Gasteiger charge is -2.15. The Balaban J connectivity index is 2.43. The van der Waals surface area contributed by atoms with Crippen LogP contribution in [0.2, 0.25) is 5.02 Å². The summed E-state index contributed by atoms with van der Waals surface area (Å²) in [7, 11) is 0. The minimum absolute atomic E-state index is 0.00110. The number of non-ortho nitro benzene ring substituents is 1. The first-order valence-corrected chi connectivity index (χ1v) is 7.57. The molecular formula is C16H13ClFN3O5. The minimum Gasteiger partial charge on any atom is -0.422 e. The number of ether oxygens (including phenoxy) is 1. The van der Waals surface area contributed by atoms with Crippen LogP contribution >= 0.6 is 11.6 Å². The first-order chi connectivity index (χ1) is 12.2. The van der Waals surface area contributed by atoms with Crippen molar-refractivity contribution in [2.45, 2.75) is 12.5 Å². The number of rotatable bonds is 6. The second-order valence-electron chi connectivity index (χ2n) is 5.24. The number of carbonyl (C=O) groups excluding carboxylic acids is 2. The van der Waals surface area contributed by atoms with Gasteiger partial charge in [-0.2, -0.15) is 0 Å². The number of carbonyl (C=O) groups is 2. The third-order valence-corrected chi connectivity index (χ3v) is 3.71. The standard InChI is InChI=1S/C16H13ClFN3O5/c17-10-2-1-3-11(18)15(10)16(23)26-13-5-4-8(21(24)25)6-9(13)12(19)7-14(20)22/h1-6,12H,7,19H2,(H2,20,22). The van der Waals surface area contributed by atoms with E-state index in [9.17, 15) is 24.1 Å². The van der Waals surface area contributed by atoms with Crippen LogP contribution in [0.5, 0.6) is 5.75 Å². The molecule has 136 valence electrons. The lowest BCUT2D eigenvalue weighted by Crippen LogP contribution is -2.22. The van der Waals surface area contributed by atoms with Gasteiger partial charge in [0, 0.05) is 30.2 Å². The topological polar surface area (TPSA) is 139 Å². The van der Waals surface area contributed by atoms with Crippen LogP contribution in [-0.2, 0) is 4.79 Å². The average Bonchev–Trinajstić information content (AvgIpc) is 2.54. The number of halogens is 2. The molecule has 2 rings (SSSR count). The maximum atomic E-state index is 13.8. The van der Waals surface area contributed by atoms with E-state index in [4.69, 9.17) is 27.8 Å². The van der Waals surface area contributed by atoms with E-state index in [0.717, 1.165) is 24.3 Å². The van der Waals surface area contributed by atoms with Gasteiger partial charge in [0.1, 0.15) is 17.1 Å². The van der Waals surface area contributed by atoms with E-state index in [1.807, 2.05) is 0 Å². The van der Waals surface area contributed by atoms with Crippen molar-refractivity contribution in [3.05, 3.63) is 68.5 Å². The molecule has 0 aliphatic rings. The van der Waals surface area contributed by atoms with Gasteiger partial charge in [-0.25, -0.2) is 9.18 Å². The Kier molecular flexibility index (Phi) is 5.86. The largest absolute Gasteiger partial charge is 0.422 e. The Bertz CT molecular complexity index is 870. The minimum atomic E-state index is -1.12. The molecule has 0 radical (unpaired) electrons. The summed E-state index contributed by atoms with van der Waals surface area (Å²) >= 11 is 5.81. The summed E-state index contributed by atoms with van der Waals surface area (Å²) in [5.41, 5.74) is 10.1. The summed E-state index contributed by atoms with van der Waals surface area (Å²) in [6.07, 6.45) is -0.341. The van der Waals surface area contributed by atoms with Gasteiger partial charge in [-0.1, -0.05) is 17.7 Å². The van der Waals surface area contributed by atoms with Crippen LogP contribution in [0.15, 0.2) is 36.4 Å². The number of nitro groups is 1. The van der Waals surface area contributed by atoms with Crippen LogP contribution in [0.1, 0.15) is 28.4 Å². The third-order valence-electron chi connectivity index (χ3n) is 3.39. The predicted octanol–water partition coefficient (Wildman–Crippen LogP) is 2.48. The van der Waals surface area contributed by atoms with Crippen molar-refractivity contribution in [3.8, 4) is 5.75 Å². The molecule has 10 heteroatoms. The Morgan fingerprint density at radius 2 is 2.00 bits per heavy atom. The molecule has 1 atom stereocenters. The van der Waals surface area contributed by atoms with Crippen molar-refractivity contribution in [2.24, 2.45) is 11.5 Å². The summed E-state index contributed by atoms with van der Waals surface area (Å²) < 4.78 is 19.0. The average molecular weight is 382 g/mol. The smallest absolute Gasteiger partial charge is 0.348 e. The van der Waals surface area contributed by atoms with Crippen molar-refractivity contribution < 1.29 is 23.6 Å². The molecule has 4 N–H and O–H groups in total. The second-order valence-corrected chi connectivity index (χ2v) is 5.65. The Morgan fingerprint density at radius 3 is 2.58 bits per heavy atom. The van der Waals surface area contributed by atoms with Gasteiger partial charge in [0.25, 0.3) is 5.69 Å². The second kappa shape index (κ2) is 7.89. The zero-order valence-electron chi connectivity index (χ0n) is 13.1. The zero-order valence-corrected chi connectivity index (χ0v) is 13.9. The highest BCUT2D eigenvalue weighted by atomic mass is 35.5. The van der Waals surface area contributed by atoms with Gasteiger partial charge in [0.05, 0.1) is 9.95 Å². The van der Waals surface area contributed by atoms with E-state index < -0.39 is 34.2 Å². The molecule has 0 spiro atoms. The van der Waals surface area contributed by atoms with Gasteiger partial charge in [0.2, 0.25) is 5.91 Å². The summed E-state index contributed by atoms with van der Waals surface area (Å²) in [5.74, 6) is -2.94. The normalized spacial score (nSPS) is 11.7. The van der Waals surface area contributed by atoms with Crippen LogP contribution in [0, 0.1) is 15.9 Å². The molecule has 2 aromatic rings. The highest BCUT2D eigenvalue weighted by molar-refractivity contribution is 6.33. The molecule has 0 aliphatic carbocycles. The molecule has 8 nitrogen and oxygen atoms in total. The van der Waals surface area contributed by atoms with Crippen molar-refractivity contribution in [1.29, 1.82) is 0 Å². The lowest BCUT2D eigenvalue weighted by atomic mass is 10.0. The highest BCUT2D eigenvalue weighted by Gasteiger charge is 2.23. The van der Waals surface area contributed by atoms with E-state index in [1.165, 1.54) is 12.1 Å². The third kappa shape index (κ3) is 4.32. The van der Waals surface area contributed by atoms with Crippen LogP contribution in [0.25, 0.3) is 0 Å². The fourth-order valence-corrected chi connectivity index (χ4v) is 2.44. The maximum absolute atomic E-state index is 13.8. The van der Waals surface area contributed by atoms with E-state index >= 15 is 0 Å². The van der Waals surface area contributed by atoms with E-state index in [2.05, 4.69) is 0 Å². The van der Waals surface area contributed by atoms with Gasteiger partial charge in [-0.15, -0.1) is 0 Å². The van der Waals surface area contributed by atoms with E-state index in [-0.39, 0.29) is 28.4 Å². The molecule has 1 unspecified atom stereocenters. The molecule has 0 aliphatic heterocycles. The first kappa shape index (κ1) is 19.3. The molecule has 0 saturated heterocycles. The number of primary amides is 1. The number of hydrogen-bond acceptors (Lipinski definition) is 6. The van der Waals surface area contributed by atoms with E-state index in [1.54, 1.807) is 0 Å². The molecule has 0 heterocycles. The van der Waals surface area contributed by atoms with Crippen molar-refractivity contribution >= 4 is 29.2 Å². The molecule has 0 fully saturated rings. The highest BCUT2D eigenvalue weighted by Crippen LogP contribution is 2.31. The molecule has 0 bridgehead atoms. The van der Waals surface area contributed by atoms with Gasteiger partial charge < -0.3 is 16.2 Å². The number of benzene rings is 2. The van der Waals surface area contributed by atoms with Crippen LogP contribution in [0.3, 0.4) is 0 Å². The van der Waals surface area contributed by atoms with Crippen LogP contribution in [0.4, 0.5) is 10.1 Å². The Morgan fingerprint density at radius 1 is 1.31 bits per heavy atom. The lowest BCUT2D eigenvalue weighted by molar-refractivity contribution is -0.385. The van der Waals surface area contributed by atoms with Crippen molar-refractivity contribution in [3.63, 3.8) is 0 Å². The van der Waals surface area contributed by atoms with Crippen LogP contribution in [-0.4, -0.2) is 16.8 Å². The Labute approximate surface area is 151 Å². The van der Waals surface area contributed by atoms with Gasteiger partial charge in [-0.05, 0) is 18.2 Å². The van der Waals surface area contributed by atoms with Crippen molar-refractivity contribution in [2.75, 3.05) is 0 Å². The molecule has 2 aromatic carbocycles. The predicted molar refractivity (Wildman–Crippen MR) is 90.2 cm³/mol. The summed E-state index contributed by atoms with van der Waals surface area (Å²) in [6, 6.07) is 5.83. The molecule has 0 saturated carbocycles. The fourth-order valence-electron chi connectivity index (χ4n) is 2.20. The number of esters is 1. The SMILES string of the molecule is NC(=O)CC(N)c1cc([N+](=O)[O-])ccc1OC(=O)c1c(F)cccc1Cl. The number of hydrogen-bond donors (Lipinski definition) is 2. The van der Waals surface area contributed by atoms with E-state index in [0.29, 0.717) is 0 Å². The van der Waals surface area contributed by atoms with Crippen molar-refractivity contribution in [1.82, 2.24) is 0 Å². The van der Waals surface area contributed by atoms with Gasteiger partial charge >= 0.3 is 5.97 Å². The number of nitro benzene ring substituents is 1. The maximum Gasteiger partial charge on any atom is 0.348 e. The first-order valence-electron chi connectivity index (χ1n) is 7.19.